The lowest BCUT2D eigenvalue weighted by Gasteiger charge is -2.29. The molecule has 0 saturated carbocycles. The van der Waals surface area contributed by atoms with E-state index in [1.54, 1.807) is 47.4 Å². The van der Waals surface area contributed by atoms with E-state index in [9.17, 15) is 9.59 Å². The van der Waals surface area contributed by atoms with E-state index in [4.69, 9.17) is 21.1 Å². The Bertz CT molecular complexity index is 1070. The first-order valence-corrected chi connectivity index (χ1v) is 9.80. The second-order valence-electron chi connectivity index (χ2n) is 6.64. The molecule has 1 aliphatic heterocycles. The summed E-state index contributed by atoms with van der Waals surface area (Å²) in [4.78, 5) is 26.4. The fourth-order valence-electron chi connectivity index (χ4n) is 3.13. The highest BCUT2D eigenvalue weighted by atomic mass is 35.5. The summed E-state index contributed by atoms with van der Waals surface area (Å²) in [5.41, 5.74) is 1.66. The van der Waals surface area contributed by atoms with Crippen LogP contribution in [0.5, 0.6) is 11.5 Å². The van der Waals surface area contributed by atoms with Crippen LogP contribution in [0.2, 0.25) is 5.02 Å². The zero-order chi connectivity index (χ0) is 20.9. The van der Waals surface area contributed by atoms with Crippen LogP contribution >= 0.6 is 11.6 Å². The van der Waals surface area contributed by atoms with Gasteiger partial charge < -0.3 is 19.7 Å². The number of nitrogens with zero attached hydrogens (tertiary/aromatic N) is 1. The Kier molecular flexibility index (Phi) is 5.86. The van der Waals surface area contributed by atoms with Crippen molar-refractivity contribution in [3.05, 3.63) is 83.4 Å². The maximum atomic E-state index is 12.4. The molecule has 0 aromatic heterocycles. The molecule has 3 aromatic rings. The number of hydrogen-bond donors (Lipinski definition) is 1. The van der Waals surface area contributed by atoms with E-state index in [1.165, 1.54) is 0 Å². The van der Waals surface area contributed by atoms with Crippen LogP contribution in [-0.2, 0) is 4.79 Å². The first-order chi connectivity index (χ1) is 14.6. The number of anilines is 2. The van der Waals surface area contributed by atoms with Crippen molar-refractivity contribution >= 4 is 34.8 Å². The molecule has 0 radical (unpaired) electrons. The third kappa shape index (κ3) is 4.55. The van der Waals surface area contributed by atoms with Gasteiger partial charge >= 0.3 is 0 Å². The highest BCUT2D eigenvalue weighted by Gasteiger charge is 2.26. The number of carbonyl (C=O) groups is 2. The average Bonchev–Trinajstić information content (AvgIpc) is 2.76. The Morgan fingerprint density at radius 2 is 1.90 bits per heavy atom. The van der Waals surface area contributed by atoms with Crippen LogP contribution in [0.1, 0.15) is 10.4 Å². The predicted molar refractivity (Wildman–Crippen MR) is 116 cm³/mol. The van der Waals surface area contributed by atoms with Gasteiger partial charge in [-0.05, 0) is 42.5 Å². The summed E-state index contributed by atoms with van der Waals surface area (Å²) in [5.74, 6) is 0.850. The van der Waals surface area contributed by atoms with Gasteiger partial charge in [0.05, 0.1) is 12.2 Å². The summed E-state index contributed by atoms with van der Waals surface area (Å²) in [5, 5.41) is 3.31. The van der Waals surface area contributed by atoms with Gasteiger partial charge in [-0.3, -0.25) is 9.59 Å². The molecule has 6 nitrogen and oxygen atoms in total. The number of rotatable bonds is 6. The SMILES string of the molecule is O=C(Nc1ccc2c(c1)OCC(=O)N2CCOc1ccccc1)c1cccc(Cl)c1. The molecule has 7 heteroatoms. The van der Waals surface area contributed by atoms with Crippen LogP contribution in [-0.4, -0.2) is 31.6 Å². The number of halogens is 1. The number of hydrogen-bond acceptors (Lipinski definition) is 4. The predicted octanol–water partition coefficient (Wildman–Crippen LogP) is 4.40. The van der Waals surface area contributed by atoms with Gasteiger partial charge in [-0.1, -0.05) is 35.9 Å². The number of para-hydroxylation sites is 1. The van der Waals surface area contributed by atoms with Crippen LogP contribution in [0.25, 0.3) is 0 Å². The summed E-state index contributed by atoms with van der Waals surface area (Å²) >= 11 is 5.95. The molecule has 0 spiro atoms. The first-order valence-electron chi connectivity index (χ1n) is 9.42. The van der Waals surface area contributed by atoms with E-state index >= 15 is 0 Å². The zero-order valence-corrected chi connectivity index (χ0v) is 16.8. The quantitative estimate of drug-likeness (QED) is 0.639. The van der Waals surface area contributed by atoms with Crippen molar-refractivity contribution in [2.24, 2.45) is 0 Å². The highest BCUT2D eigenvalue weighted by molar-refractivity contribution is 6.31. The molecule has 30 heavy (non-hydrogen) atoms. The van der Waals surface area contributed by atoms with Gasteiger partial charge in [0, 0.05) is 22.3 Å². The van der Waals surface area contributed by atoms with Crippen molar-refractivity contribution in [1.82, 2.24) is 0 Å². The smallest absolute Gasteiger partial charge is 0.265 e. The van der Waals surface area contributed by atoms with Gasteiger partial charge in [-0.25, -0.2) is 0 Å². The summed E-state index contributed by atoms with van der Waals surface area (Å²) in [6.07, 6.45) is 0. The fourth-order valence-corrected chi connectivity index (χ4v) is 3.32. The number of ether oxygens (including phenoxy) is 2. The van der Waals surface area contributed by atoms with Crippen molar-refractivity contribution in [3.8, 4) is 11.5 Å². The van der Waals surface area contributed by atoms with E-state index in [2.05, 4.69) is 5.32 Å². The second kappa shape index (κ2) is 8.88. The minimum Gasteiger partial charge on any atom is -0.492 e. The van der Waals surface area contributed by atoms with Crippen molar-refractivity contribution in [2.75, 3.05) is 30.0 Å². The largest absolute Gasteiger partial charge is 0.492 e. The summed E-state index contributed by atoms with van der Waals surface area (Å²) in [6, 6.07) is 21.3. The molecule has 1 heterocycles. The molecule has 4 rings (SSSR count). The Morgan fingerprint density at radius 3 is 2.70 bits per heavy atom. The van der Waals surface area contributed by atoms with Crippen LogP contribution in [0.15, 0.2) is 72.8 Å². The van der Waals surface area contributed by atoms with Gasteiger partial charge in [-0.15, -0.1) is 0 Å². The van der Waals surface area contributed by atoms with Crippen LogP contribution in [0.3, 0.4) is 0 Å². The molecule has 0 unspecified atom stereocenters. The summed E-state index contributed by atoms with van der Waals surface area (Å²) < 4.78 is 11.3. The standard InChI is InChI=1S/C23H19ClN2O4/c24-17-6-4-5-16(13-17)23(28)25-18-9-10-20-21(14-18)30-15-22(27)26(20)11-12-29-19-7-2-1-3-8-19/h1-10,13-14H,11-12,15H2,(H,25,28). The van der Waals surface area contributed by atoms with E-state index in [0.717, 1.165) is 5.75 Å². The summed E-state index contributed by atoms with van der Waals surface area (Å²) in [7, 11) is 0. The van der Waals surface area contributed by atoms with Gasteiger partial charge in [0.2, 0.25) is 0 Å². The van der Waals surface area contributed by atoms with Gasteiger partial charge in [0.25, 0.3) is 11.8 Å². The van der Waals surface area contributed by atoms with Crippen molar-refractivity contribution in [1.29, 1.82) is 0 Å². The maximum Gasteiger partial charge on any atom is 0.265 e. The minimum atomic E-state index is -0.280. The first kappa shape index (κ1) is 19.8. The average molecular weight is 423 g/mol. The number of carbonyl (C=O) groups excluding carboxylic acids is 2. The molecule has 3 aromatic carbocycles. The van der Waals surface area contributed by atoms with Gasteiger partial charge in [0.15, 0.2) is 6.61 Å². The third-order valence-electron chi connectivity index (χ3n) is 4.57. The Hall–Kier alpha value is -3.51. The molecule has 0 saturated heterocycles. The van der Waals surface area contributed by atoms with Gasteiger partial charge in [0.1, 0.15) is 18.1 Å². The highest BCUT2D eigenvalue weighted by Crippen LogP contribution is 2.34. The molecule has 152 valence electrons. The van der Waals surface area contributed by atoms with E-state index in [0.29, 0.717) is 40.9 Å². The number of nitrogens with one attached hydrogen (secondary N) is 1. The normalized spacial score (nSPS) is 12.7. The number of amides is 2. The second-order valence-corrected chi connectivity index (χ2v) is 7.08. The van der Waals surface area contributed by atoms with Crippen LogP contribution in [0, 0.1) is 0 Å². The molecule has 0 fully saturated rings. The van der Waals surface area contributed by atoms with Gasteiger partial charge in [-0.2, -0.15) is 0 Å². The Morgan fingerprint density at radius 1 is 1.07 bits per heavy atom. The van der Waals surface area contributed by atoms with E-state index in [-0.39, 0.29) is 18.4 Å². The van der Waals surface area contributed by atoms with Crippen LogP contribution in [0.4, 0.5) is 11.4 Å². The molecule has 1 N–H and O–H groups in total. The molecular formula is C23H19ClN2O4. The fraction of sp³-hybridized carbons (Fsp3) is 0.130. The Labute approximate surface area is 179 Å². The molecule has 1 aliphatic rings. The molecule has 0 atom stereocenters. The monoisotopic (exact) mass is 422 g/mol. The number of benzene rings is 3. The lowest BCUT2D eigenvalue weighted by Crippen LogP contribution is -2.41. The lowest BCUT2D eigenvalue weighted by atomic mass is 10.2. The van der Waals surface area contributed by atoms with Crippen molar-refractivity contribution in [2.45, 2.75) is 0 Å². The minimum absolute atomic E-state index is 0.0654. The number of fused-ring (bicyclic) bond motifs is 1. The zero-order valence-electron chi connectivity index (χ0n) is 16.0. The van der Waals surface area contributed by atoms with E-state index < -0.39 is 0 Å². The van der Waals surface area contributed by atoms with Crippen molar-refractivity contribution in [3.63, 3.8) is 0 Å². The molecule has 2 amide bonds. The maximum absolute atomic E-state index is 12.4. The van der Waals surface area contributed by atoms with Crippen molar-refractivity contribution < 1.29 is 19.1 Å². The topological polar surface area (TPSA) is 67.9 Å². The third-order valence-corrected chi connectivity index (χ3v) is 4.81. The molecule has 0 bridgehead atoms. The van der Waals surface area contributed by atoms with Crippen LogP contribution < -0.4 is 19.7 Å². The molecular weight excluding hydrogens is 404 g/mol. The van der Waals surface area contributed by atoms with E-state index in [1.807, 2.05) is 30.3 Å². The molecule has 0 aliphatic carbocycles. The Balaban J connectivity index is 1.45. The lowest BCUT2D eigenvalue weighted by molar-refractivity contribution is -0.121. The summed E-state index contributed by atoms with van der Waals surface area (Å²) in [6.45, 7) is 0.671.